The third-order valence-electron chi connectivity index (χ3n) is 3.70. The summed E-state index contributed by atoms with van der Waals surface area (Å²) >= 11 is 0. The highest BCUT2D eigenvalue weighted by Gasteiger charge is 2.37. The number of hydrogen-bond donors (Lipinski definition) is 2. The summed E-state index contributed by atoms with van der Waals surface area (Å²) < 4.78 is 0. The van der Waals surface area contributed by atoms with Crippen LogP contribution in [0.2, 0.25) is 0 Å². The standard InChI is InChI=1S/C14H19N3O2/c1-3-14(15,4-2)13(19)17-9-12(18)16-10-7-5-6-8-11(10)17/h5-8H,3-4,9,15H2,1-2H3,(H,16,18). The van der Waals surface area contributed by atoms with E-state index in [0.717, 1.165) is 0 Å². The number of anilines is 2. The minimum atomic E-state index is -0.912. The van der Waals surface area contributed by atoms with Crippen molar-refractivity contribution in [3.63, 3.8) is 0 Å². The van der Waals surface area contributed by atoms with Gasteiger partial charge in [0.15, 0.2) is 0 Å². The van der Waals surface area contributed by atoms with Crippen LogP contribution in [0.1, 0.15) is 26.7 Å². The molecule has 0 unspecified atom stereocenters. The minimum Gasteiger partial charge on any atom is -0.323 e. The number of nitrogens with two attached hydrogens (primary N) is 1. The van der Waals surface area contributed by atoms with Crippen LogP contribution in [0, 0.1) is 0 Å². The van der Waals surface area contributed by atoms with Crippen LogP contribution >= 0.6 is 0 Å². The molecule has 5 nitrogen and oxygen atoms in total. The van der Waals surface area contributed by atoms with E-state index < -0.39 is 5.54 Å². The Morgan fingerprint density at radius 1 is 1.37 bits per heavy atom. The molecule has 0 atom stereocenters. The molecule has 2 rings (SSSR count). The summed E-state index contributed by atoms with van der Waals surface area (Å²) in [5.74, 6) is -0.388. The zero-order valence-corrected chi connectivity index (χ0v) is 11.3. The van der Waals surface area contributed by atoms with Crippen LogP contribution < -0.4 is 16.0 Å². The predicted octanol–water partition coefficient (Wildman–Crippen LogP) is 1.49. The summed E-state index contributed by atoms with van der Waals surface area (Å²) in [7, 11) is 0. The number of benzene rings is 1. The Morgan fingerprint density at radius 2 is 2.00 bits per heavy atom. The van der Waals surface area contributed by atoms with Crippen molar-refractivity contribution >= 4 is 23.2 Å². The Balaban J connectivity index is 2.40. The lowest BCUT2D eigenvalue weighted by atomic mass is 9.92. The molecule has 1 aromatic rings. The predicted molar refractivity (Wildman–Crippen MR) is 74.9 cm³/mol. The van der Waals surface area contributed by atoms with Gasteiger partial charge in [-0.3, -0.25) is 14.5 Å². The summed E-state index contributed by atoms with van der Waals surface area (Å²) in [5, 5.41) is 2.76. The van der Waals surface area contributed by atoms with Crippen LogP contribution in [0.4, 0.5) is 11.4 Å². The van der Waals surface area contributed by atoms with Gasteiger partial charge in [0.1, 0.15) is 6.54 Å². The SMILES string of the molecule is CCC(N)(CC)C(=O)N1CC(=O)Nc2ccccc21. The van der Waals surface area contributed by atoms with Gasteiger partial charge in [-0.05, 0) is 25.0 Å². The van der Waals surface area contributed by atoms with Crippen molar-refractivity contribution in [3.8, 4) is 0 Å². The van der Waals surface area contributed by atoms with Gasteiger partial charge in [-0.2, -0.15) is 0 Å². The number of para-hydroxylation sites is 2. The average molecular weight is 261 g/mol. The number of rotatable bonds is 3. The van der Waals surface area contributed by atoms with E-state index in [1.807, 2.05) is 32.0 Å². The molecule has 102 valence electrons. The van der Waals surface area contributed by atoms with Gasteiger partial charge < -0.3 is 11.1 Å². The van der Waals surface area contributed by atoms with Gasteiger partial charge in [-0.15, -0.1) is 0 Å². The molecule has 0 fully saturated rings. The van der Waals surface area contributed by atoms with E-state index in [2.05, 4.69) is 5.32 Å². The van der Waals surface area contributed by atoms with Crippen molar-refractivity contribution in [1.29, 1.82) is 0 Å². The molecule has 0 aliphatic carbocycles. The molecule has 3 N–H and O–H groups in total. The first-order valence-electron chi connectivity index (χ1n) is 6.51. The van der Waals surface area contributed by atoms with Crippen LogP contribution in [0.5, 0.6) is 0 Å². The molecule has 0 aromatic heterocycles. The number of nitrogens with zero attached hydrogens (tertiary/aromatic N) is 1. The van der Waals surface area contributed by atoms with Gasteiger partial charge >= 0.3 is 0 Å². The fourth-order valence-corrected chi connectivity index (χ4v) is 2.24. The molecule has 1 aromatic carbocycles. The normalized spacial score (nSPS) is 14.9. The first kappa shape index (κ1) is 13.5. The maximum Gasteiger partial charge on any atom is 0.247 e. The number of hydrogen-bond acceptors (Lipinski definition) is 3. The Morgan fingerprint density at radius 3 is 2.63 bits per heavy atom. The zero-order chi connectivity index (χ0) is 14.0. The van der Waals surface area contributed by atoms with E-state index in [0.29, 0.717) is 24.2 Å². The number of carbonyl (C=O) groups is 2. The molecule has 5 heteroatoms. The molecule has 2 amide bonds. The fourth-order valence-electron chi connectivity index (χ4n) is 2.24. The summed E-state index contributed by atoms with van der Waals surface area (Å²) in [5.41, 5.74) is 6.60. The summed E-state index contributed by atoms with van der Waals surface area (Å²) in [6.07, 6.45) is 1.09. The van der Waals surface area contributed by atoms with E-state index in [4.69, 9.17) is 5.73 Å². The van der Waals surface area contributed by atoms with Crippen molar-refractivity contribution in [2.45, 2.75) is 32.2 Å². The Kier molecular flexibility index (Phi) is 3.57. The van der Waals surface area contributed by atoms with E-state index in [1.54, 1.807) is 6.07 Å². The summed E-state index contributed by atoms with van der Waals surface area (Å²) in [6, 6.07) is 7.26. The van der Waals surface area contributed by atoms with Crippen LogP contribution in [0.25, 0.3) is 0 Å². The highest BCUT2D eigenvalue weighted by Crippen LogP contribution is 2.31. The Bertz CT molecular complexity index is 509. The zero-order valence-electron chi connectivity index (χ0n) is 11.3. The van der Waals surface area contributed by atoms with Crippen LogP contribution in [0.3, 0.4) is 0 Å². The third-order valence-corrected chi connectivity index (χ3v) is 3.70. The highest BCUT2D eigenvalue weighted by atomic mass is 16.2. The van der Waals surface area contributed by atoms with Gasteiger partial charge in [-0.1, -0.05) is 26.0 Å². The largest absolute Gasteiger partial charge is 0.323 e. The van der Waals surface area contributed by atoms with Crippen molar-refractivity contribution in [3.05, 3.63) is 24.3 Å². The van der Waals surface area contributed by atoms with E-state index in [-0.39, 0.29) is 18.4 Å². The number of nitrogens with one attached hydrogen (secondary N) is 1. The third kappa shape index (κ3) is 2.33. The van der Waals surface area contributed by atoms with Gasteiger partial charge in [0, 0.05) is 0 Å². The van der Waals surface area contributed by atoms with Gasteiger partial charge in [0.2, 0.25) is 11.8 Å². The van der Waals surface area contributed by atoms with Gasteiger partial charge in [-0.25, -0.2) is 0 Å². The van der Waals surface area contributed by atoms with E-state index >= 15 is 0 Å². The molecule has 0 radical (unpaired) electrons. The second-order valence-electron chi connectivity index (χ2n) is 4.82. The van der Waals surface area contributed by atoms with Crippen molar-refractivity contribution in [1.82, 2.24) is 0 Å². The van der Waals surface area contributed by atoms with Crippen LogP contribution in [0.15, 0.2) is 24.3 Å². The number of fused-ring (bicyclic) bond motifs is 1. The topological polar surface area (TPSA) is 75.4 Å². The first-order valence-corrected chi connectivity index (χ1v) is 6.51. The molecule has 1 aliphatic rings. The van der Waals surface area contributed by atoms with E-state index in [9.17, 15) is 9.59 Å². The summed E-state index contributed by atoms with van der Waals surface area (Å²) in [4.78, 5) is 25.8. The molecule has 1 heterocycles. The fraction of sp³-hybridized carbons (Fsp3) is 0.429. The van der Waals surface area contributed by atoms with Crippen molar-refractivity contribution in [2.24, 2.45) is 5.73 Å². The van der Waals surface area contributed by atoms with Crippen LogP contribution in [-0.2, 0) is 9.59 Å². The lowest BCUT2D eigenvalue weighted by Gasteiger charge is -2.36. The van der Waals surface area contributed by atoms with Crippen LogP contribution in [-0.4, -0.2) is 23.9 Å². The molecule has 0 saturated heterocycles. The Hall–Kier alpha value is -1.88. The second kappa shape index (κ2) is 5.01. The number of carbonyl (C=O) groups excluding carboxylic acids is 2. The first-order chi connectivity index (χ1) is 9.01. The summed E-state index contributed by atoms with van der Waals surface area (Å²) in [6.45, 7) is 3.80. The molecule has 19 heavy (non-hydrogen) atoms. The molecular formula is C14H19N3O2. The second-order valence-corrected chi connectivity index (χ2v) is 4.82. The lowest BCUT2D eigenvalue weighted by Crippen LogP contribution is -2.57. The maximum atomic E-state index is 12.6. The van der Waals surface area contributed by atoms with E-state index in [1.165, 1.54) is 4.90 Å². The smallest absolute Gasteiger partial charge is 0.247 e. The quantitative estimate of drug-likeness (QED) is 0.865. The van der Waals surface area contributed by atoms with Crippen molar-refractivity contribution in [2.75, 3.05) is 16.8 Å². The monoisotopic (exact) mass is 261 g/mol. The van der Waals surface area contributed by atoms with Gasteiger partial charge in [0.05, 0.1) is 16.9 Å². The maximum absolute atomic E-state index is 12.6. The molecular weight excluding hydrogens is 242 g/mol. The Labute approximate surface area is 112 Å². The molecule has 1 aliphatic heterocycles. The molecule has 0 spiro atoms. The molecule has 0 saturated carbocycles. The minimum absolute atomic E-state index is 0.0226. The number of amides is 2. The average Bonchev–Trinajstić information content (AvgIpc) is 2.44. The highest BCUT2D eigenvalue weighted by molar-refractivity contribution is 6.12. The van der Waals surface area contributed by atoms with Gasteiger partial charge in [0.25, 0.3) is 0 Å². The lowest BCUT2D eigenvalue weighted by molar-refractivity contribution is -0.126. The molecule has 0 bridgehead atoms. The van der Waals surface area contributed by atoms with Crippen molar-refractivity contribution < 1.29 is 9.59 Å².